The molecule has 0 spiro atoms. The van der Waals surface area contributed by atoms with Crippen LogP contribution in [0.4, 0.5) is 0 Å². The maximum atomic E-state index is 6.79. The molecule has 0 amide bonds. The van der Waals surface area contributed by atoms with Crippen LogP contribution in [0, 0.1) is 6.92 Å². The Balaban J connectivity index is 1.82. The Morgan fingerprint density at radius 1 is 0.556 bits per heavy atom. The standard InChI is InChI=1S/C34H32O2/c1-23-11-13-27(14-12-23)33-31(25-17-21-29(35-5)22-18-25)30(32(36-33)26-9-7-6-8-10-26)24-15-19-28(20-16-24)34(2,3)4/h6-22H,1-5H3. The quantitative estimate of drug-likeness (QED) is 0.254. The molecule has 0 unspecified atom stereocenters. The molecule has 0 aliphatic rings. The number of hydrogen-bond acceptors (Lipinski definition) is 2. The second-order valence-electron chi connectivity index (χ2n) is 10.3. The van der Waals surface area contributed by atoms with Crippen molar-refractivity contribution in [1.29, 1.82) is 0 Å². The summed E-state index contributed by atoms with van der Waals surface area (Å²) in [6, 6.07) is 36.1. The molecular weight excluding hydrogens is 440 g/mol. The zero-order valence-corrected chi connectivity index (χ0v) is 21.6. The summed E-state index contributed by atoms with van der Waals surface area (Å²) in [7, 11) is 1.69. The number of aryl methyl sites for hydroxylation is 1. The maximum Gasteiger partial charge on any atom is 0.143 e. The van der Waals surface area contributed by atoms with Gasteiger partial charge in [-0.15, -0.1) is 0 Å². The molecule has 36 heavy (non-hydrogen) atoms. The lowest BCUT2D eigenvalue weighted by molar-refractivity contribution is 0.415. The third-order valence-corrected chi connectivity index (χ3v) is 6.68. The Morgan fingerprint density at radius 3 is 1.53 bits per heavy atom. The van der Waals surface area contributed by atoms with Crippen LogP contribution in [0.1, 0.15) is 31.9 Å². The van der Waals surface area contributed by atoms with Gasteiger partial charge in [0.1, 0.15) is 17.3 Å². The van der Waals surface area contributed by atoms with Crippen molar-refractivity contribution in [1.82, 2.24) is 0 Å². The topological polar surface area (TPSA) is 22.4 Å². The molecule has 0 bridgehead atoms. The minimum absolute atomic E-state index is 0.0864. The Hall–Kier alpha value is -4.04. The molecule has 4 aromatic carbocycles. The summed E-state index contributed by atoms with van der Waals surface area (Å²) in [5.74, 6) is 2.58. The Bertz CT molecular complexity index is 1450. The van der Waals surface area contributed by atoms with E-state index in [1.54, 1.807) is 7.11 Å². The lowest BCUT2D eigenvalue weighted by atomic mass is 9.85. The van der Waals surface area contributed by atoms with E-state index in [0.717, 1.165) is 50.7 Å². The second-order valence-corrected chi connectivity index (χ2v) is 10.3. The summed E-state index contributed by atoms with van der Waals surface area (Å²) in [4.78, 5) is 0. The minimum atomic E-state index is 0.0864. The van der Waals surface area contributed by atoms with Crippen molar-refractivity contribution in [3.05, 3.63) is 114 Å². The fraction of sp³-hybridized carbons (Fsp3) is 0.176. The molecule has 1 aromatic heterocycles. The van der Waals surface area contributed by atoms with Crippen LogP contribution in [-0.2, 0) is 5.41 Å². The number of benzene rings is 4. The lowest BCUT2D eigenvalue weighted by Gasteiger charge is -2.19. The van der Waals surface area contributed by atoms with E-state index >= 15 is 0 Å². The molecule has 0 fully saturated rings. The number of methoxy groups -OCH3 is 1. The molecule has 2 heteroatoms. The molecule has 0 aliphatic heterocycles. The third-order valence-electron chi connectivity index (χ3n) is 6.68. The van der Waals surface area contributed by atoms with E-state index in [1.807, 2.05) is 18.2 Å². The van der Waals surface area contributed by atoms with Crippen molar-refractivity contribution >= 4 is 0 Å². The van der Waals surface area contributed by atoms with Gasteiger partial charge < -0.3 is 9.15 Å². The number of hydrogen-bond donors (Lipinski definition) is 0. The first-order chi connectivity index (χ1) is 17.3. The largest absolute Gasteiger partial charge is 0.497 e. The SMILES string of the molecule is COc1ccc(-c2c(-c3ccc(C)cc3)oc(-c3ccccc3)c2-c2ccc(C(C)(C)C)cc2)cc1. The van der Waals surface area contributed by atoms with E-state index in [9.17, 15) is 0 Å². The van der Waals surface area contributed by atoms with Gasteiger partial charge in [0.25, 0.3) is 0 Å². The number of furan rings is 1. The summed E-state index contributed by atoms with van der Waals surface area (Å²) in [6.07, 6.45) is 0. The van der Waals surface area contributed by atoms with Crippen LogP contribution >= 0.6 is 0 Å². The average molecular weight is 473 g/mol. The highest BCUT2D eigenvalue weighted by Gasteiger charge is 2.25. The summed E-state index contributed by atoms with van der Waals surface area (Å²) < 4.78 is 12.2. The minimum Gasteiger partial charge on any atom is -0.497 e. The molecule has 0 aliphatic carbocycles. The maximum absolute atomic E-state index is 6.79. The van der Waals surface area contributed by atoms with Gasteiger partial charge in [-0.1, -0.05) is 117 Å². The number of ether oxygens (including phenoxy) is 1. The van der Waals surface area contributed by atoms with Crippen LogP contribution in [0.3, 0.4) is 0 Å². The average Bonchev–Trinajstić information content (AvgIpc) is 3.30. The normalized spacial score (nSPS) is 11.5. The zero-order valence-electron chi connectivity index (χ0n) is 21.6. The lowest BCUT2D eigenvalue weighted by Crippen LogP contribution is -2.10. The molecule has 1 heterocycles. The molecule has 0 saturated carbocycles. The van der Waals surface area contributed by atoms with Crippen LogP contribution in [0.5, 0.6) is 5.75 Å². The van der Waals surface area contributed by atoms with Crippen molar-refractivity contribution in [2.75, 3.05) is 7.11 Å². The molecule has 0 saturated heterocycles. The van der Waals surface area contributed by atoms with Crippen LogP contribution in [0.15, 0.2) is 108 Å². The molecule has 5 aromatic rings. The van der Waals surface area contributed by atoms with Crippen molar-refractivity contribution < 1.29 is 9.15 Å². The van der Waals surface area contributed by atoms with Crippen LogP contribution < -0.4 is 4.74 Å². The van der Waals surface area contributed by atoms with E-state index < -0.39 is 0 Å². The van der Waals surface area contributed by atoms with Crippen LogP contribution in [0.25, 0.3) is 44.9 Å². The molecule has 0 atom stereocenters. The van der Waals surface area contributed by atoms with Crippen LogP contribution in [0.2, 0.25) is 0 Å². The summed E-state index contributed by atoms with van der Waals surface area (Å²) >= 11 is 0. The molecule has 0 N–H and O–H groups in total. The Morgan fingerprint density at radius 2 is 1.03 bits per heavy atom. The Kier molecular flexibility index (Phi) is 6.28. The van der Waals surface area contributed by atoms with Gasteiger partial charge in [-0.3, -0.25) is 0 Å². The fourth-order valence-corrected chi connectivity index (χ4v) is 4.58. The van der Waals surface area contributed by atoms with Gasteiger partial charge in [-0.25, -0.2) is 0 Å². The number of rotatable bonds is 5. The van der Waals surface area contributed by atoms with Gasteiger partial charge >= 0.3 is 0 Å². The van der Waals surface area contributed by atoms with E-state index in [1.165, 1.54) is 11.1 Å². The van der Waals surface area contributed by atoms with Crippen molar-refractivity contribution in [2.45, 2.75) is 33.1 Å². The van der Waals surface area contributed by atoms with Gasteiger partial charge in [-0.05, 0) is 41.2 Å². The Labute approximate surface area is 214 Å². The van der Waals surface area contributed by atoms with Gasteiger partial charge in [0.15, 0.2) is 0 Å². The summed E-state index contributed by atoms with van der Waals surface area (Å²) in [6.45, 7) is 8.84. The van der Waals surface area contributed by atoms with E-state index in [4.69, 9.17) is 9.15 Å². The third kappa shape index (κ3) is 4.59. The first kappa shape index (κ1) is 23.7. The summed E-state index contributed by atoms with van der Waals surface area (Å²) in [5, 5.41) is 0. The molecule has 0 radical (unpaired) electrons. The first-order valence-electron chi connectivity index (χ1n) is 12.4. The van der Waals surface area contributed by atoms with Crippen molar-refractivity contribution in [3.63, 3.8) is 0 Å². The molecular formula is C34H32O2. The van der Waals surface area contributed by atoms with Gasteiger partial charge in [0.2, 0.25) is 0 Å². The highest BCUT2D eigenvalue weighted by Crippen LogP contribution is 2.48. The molecule has 2 nitrogen and oxygen atoms in total. The predicted octanol–water partition coefficient (Wildman–Crippen LogP) is 9.56. The van der Waals surface area contributed by atoms with Crippen LogP contribution in [-0.4, -0.2) is 7.11 Å². The van der Waals surface area contributed by atoms with E-state index in [0.29, 0.717) is 0 Å². The van der Waals surface area contributed by atoms with Gasteiger partial charge in [-0.2, -0.15) is 0 Å². The highest BCUT2D eigenvalue weighted by molar-refractivity contribution is 5.99. The van der Waals surface area contributed by atoms with E-state index in [-0.39, 0.29) is 5.41 Å². The second kappa shape index (κ2) is 9.54. The first-order valence-corrected chi connectivity index (χ1v) is 12.4. The van der Waals surface area contributed by atoms with Crippen molar-refractivity contribution in [2.24, 2.45) is 0 Å². The molecule has 5 rings (SSSR count). The highest BCUT2D eigenvalue weighted by atomic mass is 16.5. The van der Waals surface area contributed by atoms with Gasteiger partial charge in [0.05, 0.1) is 7.11 Å². The molecule has 180 valence electrons. The summed E-state index contributed by atoms with van der Waals surface area (Å²) in [5.41, 5.74) is 9.14. The fourth-order valence-electron chi connectivity index (χ4n) is 4.58. The van der Waals surface area contributed by atoms with Crippen molar-refractivity contribution in [3.8, 4) is 50.7 Å². The van der Waals surface area contributed by atoms with E-state index in [2.05, 4.69) is 113 Å². The smallest absolute Gasteiger partial charge is 0.143 e. The predicted molar refractivity (Wildman–Crippen MR) is 150 cm³/mol. The van der Waals surface area contributed by atoms with Gasteiger partial charge in [0, 0.05) is 22.3 Å². The monoisotopic (exact) mass is 472 g/mol. The zero-order chi connectivity index (χ0) is 25.3.